The number of hydrogen-bond donors (Lipinski definition) is 1. The van der Waals surface area contributed by atoms with Gasteiger partial charge in [-0.15, -0.1) is 0 Å². The summed E-state index contributed by atoms with van der Waals surface area (Å²) in [6.45, 7) is 4.02. The smallest absolute Gasteiger partial charge is 0.167 e. The minimum Gasteiger partial charge on any atom is -0.508 e. The number of ether oxygens (including phenoxy) is 1. The van der Waals surface area contributed by atoms with Gasteiger partial charge in [0, 0.05) is 40.4 Å². The molecule has 1 aliphatic rings. The van der Waals surface area contributed by atoms with Gasteiger partial charge in [0.2, 0.25) is 0 Å². The molecule has 134 valence electrons. The van der Waals surface area contributed by atoms with E-state index >= 15 is 0 Å². The quantitative estimate of drug-likeness (QED) is 0.902. The van der Waals surface area contributed by atoms with Crippen LogP contribution in [0.5, 0.6) is 5.75 Å². The average Bonchev–Trinajstić information content (AvgIpc) is 2.53. The van der Waals surface area contributed by atoms with Crippen molar-refractivity contribution in [2.75, 3.05) is 37.2 Å². The molecule has 1 aromatic heterocycles. The van der Waals surface area contributed by atoms with Crippen molar-refractivity contribution >= 4 is 21.4 Å². The third kappa shape index (κ3) is 4.46. The van der Waals surface area contributed by atoms with Crippen LogP contribution in [0.25, 0.3) is 11.4 Å². The molecule has 1 atom stereocenters. The standard InChI is InChI=1S/C17H22N4O3S/c1-12-11-24-8-7-21(12)16-10-15(20-25(2,3)23)18-17(19-16)13-5-4-6-14(22)9-13/h4-6,9-10,12,22H,7-8,11H2,1-3H3/t12-/m1/s1. The molecule has 0 amide bonds. The molecule has 0 saturated carbocycles. The normalized spacial score (nSPS) is 18.2. The van der Waals surface area contributed by atoms with Gasteiger partial charge in [0.25, 0.3) is 0 Å². The van der Waals surface area contributed by atoms with E-state index in [0.29, 0.717) is 42.8 Å². The average molecular weight is 362 g/mol. The van der Waals surface area contributed by atoms with E-state index in [0.717, 1.165) is 0 Å². The van der Waals surface area contributed by atoms with Crippen molar-refractivity contribution in [2.24, 2.45) is 4.36 Å². The molecule has 0 spiro atoms. The number of phenols is 1. The molecule has 1 aliphatic heterocycles. The van der Waals surface area contributed by atoms with E-state index in [1.807, 2.05) is 6.07 Å². The predicted octanol–water partition coefficient (Wildman–Crippen LogP) is 2.43. The Kier molecular flexibility index (Phi) is 4.91. The Balaban J connectivity index is 2.13. The number of anilines is 1. The van der Waals surface area contributed by atoms with Crippen LogP contribution in [0.4, 0.5) is 11.6 Å². The number of nitrogens with zero attached hydrogens (tertiary/aromatic N) is 4. The number of phenolic OH excluding ortho intramolecular Hbond substituents is 1. The number of rotatable bonds is 3. The maximum absolute atomic E-state index is 12.1. The van der Waals surface area contributed by atoms with Crippen molar-refractivity contribution in [1.29, 1.82) is 0 Å². The number of aromatic hydroxyl groups is 1. The largest absolute Gasteiger partial charge is 0.508 e. The first-order valence-electron chi connectivity index (χ1n) is 8.02. The fourth-order valence-electron chi connectivity index (χ4n) is 2.68. The van der Waals surface area contributed by atoms with Crippen molar-refractivity contribution < 1.29 is 14.1 Å². The molecule has 7 nitrogen and oxygen atoms in total. The third-order valence-electron chi connectivity index (χ3n) is 3.78. The highest BCUT2D eigenvalue weighted by atomic mass is 32.2. The van der Waals surface area contributed by atoms with Crippen LogP contribution in [0.15, 0.2) is 34.7 Å². The lowest BCUT2D eigenvalue weighted by atomic mass is 10.2. The number of morpholine rings is 1. The lowest BCUT2D eigenvalue weighted by molar-refractivity contribution is 0.0985. The first-order chi connectivity index (χ1) is 11.8. The Bertz CT molecular complexity index is 885. The summed E-state index contributed by atoms with van der Waals surface area (Å²) >= 11 is 0. The van der Waals surface area contributed by atoms with E-state index in [4.69, 9.17) is 4.74 Å². The van der Waals surface area contributed by atoms with Gasteiger partial charge in [-0.25, -0.2) is 14.2 Å². The molecule has 0 aliphatic carbocycles. The summed E-state index contributed by atoms with van der Waals surface area (Å²) in [5.41, 5.74) is 0.679. The molecule has 25 heavy (non-hydrogen) atoms. The van der Waals surface area contributed by atoms with Gasteiger partial charge in [0.05, 0.1) is 19.3 Å². The maximum atomic E-state index is 12.1. The summed E-state index contributed by atoms with van der Waals surface area (Å²) in [5.74, 6) is 1.66. The SMILES string of the molecule is C[C@@H]1COCCN1c1cc(N=S(C)(C)=O)nc(-c2cccc(O)c2)n1. The van der Waals surface area contributed by atoms with Gasteiger partial charge in [0.15, 0.2) is 11.6 Å². The lowest BCUT2D eigenvalue weighted by Gasteiger charge is -2.34. The van der Waals surface area contributed by atoms with E-state index in [1.54, 1.807) is 36.8 Å². The molecule has 0 radical (unpaired) electrons. The molecule has 2 aromatic rings. The Labute approximate surface area is 147 Å². The van der Waals surface area contributed by atoms with E-state index in [2.05, 4.69) is 26.2 Å². The molecule has 0 unspecified atom stereocenters. The fraction of sp³-hybridized carbons (Fsp3) is 0.412. The summed E-state index contributed by atoms with van der Waals surface area (Å²) in [7, 11) is -2.35. The van der Waals surface area contributed by atoms with E-state index < -0.39 is 9.73 Å². The van der Waals surface area contributed by atoms with Crippen molar-refractivity contribution in [1.82, 2.24) is 9.97 Å². The Morgan fingerprint density at radius 3 is 2.80 bits per heavy atom. The molecule has 1 saturated heterocycles. The van der Waals surface area contributed by atoms with Crippen molar-refractivity contribution in [2.45, 2.75) is 13.0 Å². The summed E-state index contributed by atoms with van der Waals surface area (Å²) in [4.78, 5) is 11.2. The second-order valence-electron chi connectivity index (χ2n) is 6.35. The first kappa shape index (κ1) is 17.6. The van der Waals surface area contributed by atoms with Crippen LogP contribution in [0, 0.1) is 0 Å². The number of aromatic nitrogens is 2. The zero-order valence-corrected chi connectivity index (χ0v) is 15.4. The topological polar surface area (TPSA) is 87.9 Å². The predicted molar refractivity (Wildman–Crippen MR) is 98.8 cm³/mol. The van der Waals surface area contributed by atoms with Crippen LogP contribution in [-0.2, 0) is 14.5 Å². The van der Waals surface area contributed by atoms with Crippen molar-refractivity contribution in [3.8, 4) is 17.1 Å². The summed E-state index contributed by atoms with van der Waals surface area (Å²) in [6, 6.07) is 8.66. The fourth-order valence-corrected chi connectivity index (χ4v) is 3.23. The van der Waals surface area contributed by atoms with Crippen LogP contribution in [0.1, 0.15) is 6.92 Å². The second kappa shape index (κ2) is 6.97. The van der Waals surface area contributed by atoms with Crippen LogP contribution < -0.4 is 4.90 Å². The zero-order valence-electron chi connectivity index (χ0n) is 14.5. The van der Waals surface area contributed by atoms with Gasteiger partial charge in [-0.05, 0) is 19.1 Å². The molecule has 3 rings (SSSR count). The third-order valence-corrected chi connectivity index (χ3v) is 4.41. The minimum atomic E-state index is -2.35. The Hall–Kier alpha value is -2.19. The van der Waals surface area contributed by atoms with E-state index in [1.165, 1.54) is 0 Å². The molecule has 0 bridgehead atoms. The van der Waals surface area contributed by atoms with Gasteiger partial charge < -0.3 is 14.7 Å². The van der Waals surface area contributed by atoms with E-state index in [-0.39, 0.29) is 11.8 Å². The Morgan fingerprint density at radius 2 is 2.12 bits per heavy atom. The summed E-state index contributed by atoms with van der Waals surface area (Å²) in [5, 5.41) is 9.74. The van der Waals surface area contributed by atoms with E-state index in [9.17, 15) is 9.32 Å². The zero-order chi connectivity index (χ0) is 18.0. The van der Waals surface area contributed by atoms with Gasteiger partial charge >= 0.3 is 0 Å². The van der Waals surface area contributed by atoms with Gasteiger partial charge in [-0.2, -0.15) is 4.36 Å². The highest BCUT2D eigenvalue weighted by Gasteiger charge is 2.22. The molecular weight excluding hydrogens is 340 g/mol. The summed E-state index contributed by atoms with van der Waals surface area (Å²) < 4.78 is 21.8. The minimum absolute atomic E-state index is 0.138. The van der Waals surface area contributed by atoms with Crippen LogP contribution in [0.3, 0.4) is 0 Å². The van der Waals surface area contributed by atoms with Gasteiger partial charge in [-0.3, -0.25) is 0 Å². The molecule has 1 N–H and O–H groups in total. The number of hydrogen-bond acceptors (Lipinski definition) is 7. The highest BCUT2D eigenvalue weighted by Crippen LogP contribution is 2.28. The second-order valence-corrected chi connectivity index (χ2v) is 8.89. The van der Waals surface area contributed by atoms with Crippen molar-refractivity contribution in [3.63, 3.8) is 0 Å². The van der Waals surface area contributed by atoms with Crippen LogP contribution in [0.2, 0.25) is 0 Å². The van der Waals surface area contributed by atoms with Crippen LogP contribution in [-0.4, -0.2) is 57.6 Å². The molecule has 8 heteroatoms. The van der Waals surface area contributed by atoms with Gasteiger partial charge in [-0.1, -0.05) is 12.1 Å². The lowest BCUT2D eigenvalue weighted by Crippen LogP contribution is -2.44. The maximum Gasteiger partial charge on any atom is 0.167 e. The first-order valence-corrected chi connectivity index (χ1v) is 10.3. The summed E-state index contributed by atoms with van der Waals surface area (Å²) in [6.07, 6.45) is 3.14. The molecular formula is C17H22N4O3S. The highest BCUT2D eigenvalue weighted by molar-refractivity contribution is 7.92. The Morgan fingerprint density at radius 1 is 1.32 bits per heavy atom. The number of benzene rings is 1. The monoisotopic (exact) mass is 362 g/mol. The van der Waals surface area contributed by atoms with Gasteiger partial charge in [0.1, 0.15) is 11.6 Å². The van der Waals surface area contributed by atoms with Crippen LogP contribution >= 0.6 is 0 Å². The molecule has 1 fully saturated rings. The molecule has 1 aromatic carbocycles. The van der Waals surface area contributed by atoms with Crippen molar-refractivity contribution in [3.05, 3.63) is 30.3 Å². The molecule has 2 heterocycles.